The van der Waals surface area contributed by atoms with Crippen LogP contribution in [-0.4, -0.2) is 16.9 Å². The Morgan fingerprint density at radius 3 is 2.55 bits per heavy atom. The van der Waals surface area contributed by atoms with Gasteiger partial charge in [-0.05, 0) is 11.6 Å². The number of hydrogen-bond donors (Lipinski definition) is 1. The fourth-order valence-corrected chi connectivity index (χ4v) is 2.33. The summed E-state index contributed by atoms with van der Waals surface area (Å²) < 4.78 is 38.8. The Balaban J connectivity index is 2.47. The number of alkyl halides is 3. The number of nitro groups is 1. The van der Waals surface area contributed by atoms with Gasteiger partial charge < -0.3 is 5.32 Å². The molecule has 108 valence electrons. The molecule has 1 amide bonds. The first-order valence-electron chi connectivity index (χ1n) is 5.89. The van der Waals surface area contributed by atoms with E-state index in [1.807, 2.05) is 0 Å². The van der Waals surface area contributed by atoms with E-state index in [0.717, 1.165) is 12.1 Å². The van der Waals surface area contributed by atoms with Crippen molar-refractivity contribution in [2.75, 3.05) is 0 Å². The highest BCUT2D eigenvalue weighted by Crippen LogP contribution is 2.37. The van der Waals surface area contributed by atoms with Gasteiger partial charge in [-0.15, -0.1) is 0 Å². The van der Waals surface area contributed by atoms with Crippen molar-refractivity contribution < 1.29 is 22.9 Å². The van der Waals surface area contributed by atoms with Crippen LogP contribution in [0.25, 0.3) is 0 Å². The lowest BCUT2D eigenvalue weighted by atomic mass is 9.89. The van der Waals surface area contributed by atoms with Gasteiger partial charge in [0.2, 0.25) is 11.9 Å². The highest BCUT2D eigenvalue weighted by Gasteiger charge is 2.43. The number of nitrogens with one attached hydrogen (secondary N) is 1. The molecule has 1 aliphatic rings. The molecular formula is C12H11F3N2O3. The average Bonchev–Trinajstić information content (AvgIpc) is 2.37. The maximum absolute atomic E-state index is 12.9. The molecule has 5 nitrogen and oxygen atoms in total. The minimum atomic E-state index is -4.63. The summed E-state index contributed by atoms with van der Waals surface area (Å²) in [5.41, 5.74) is -1.23. The van der Waals surface area contributed by atoms with Crippen LogP contribution in [0.5, 0.6) is 0 Å². The maximum atomic E-state index is 12.9. The predicted octanol–water partition coefficient (Wildman–Crippen LogP) is 2.30. The molecule has 8 heteroatoms. The summed E-state index contributed by atoms with van der Waals surface area (Å²) in [6, 6.07) is 2.07. The van der Waals surface area contributed by atoms with Crippen LogP contribution in [0.3, 0.4) is 0 Å². The smallest absolute Gasteiger partial charge is 0.343 e. The molecule has 1 aromatic rings. The van der Waals surface area contributed by atoms with Crippen LogP contribution in [0.2, 0.25) is 0 Å². The van der Waals surface area contributed by atoms with Gasteiger partial charge in [-0.1, -0.05) is 18.2 Å². The van der Waals surface area contributed by atoms with Crippen molar-refractivity contribution >= 4 is 5.91 Å². The van der Waals surface area contributed by atoms with Crippen molar-refractivity contribution in [3.8, 4) is 0 Å². The van der Waals surface area contributed by atoms with E-state index in [-0.39, 0.29) is 18.4 Å². The van der Waals surface area contributed by atoms with E-state index in [1.165, 1.54) is 12.1 Å². The Labute approximate surface area is 111 Å². The summed E-state index contributed by atoms with van der Waals surface area (Å²) in [5, 5.41) is 13.3. The molecule has 20 heavy (non-hydrogen) atoms. The van der Waals surface area contributed by atoms with E-state index >= 15 is 0 Å². The largest absolute Gasteiger partial charge is 0.416 e. The summed E-state index contributed by atoms with van der Waals surface area (Å²) in [6.45, 7) is 0. The molecule has 0 bridgehead atoms. The standard InChI is InChI=1S/C12H11F3N2O3/c13-12(14,15)8-4-2-1-3-7(8)11-9(17(19)20)5-6-10(18)16-11/h1-4,9,11H,5-6H2,(H,16,18)/t9-,11+/m0/s1. The lowest BCUT2D eigenvalue weighted by Gasteiger charge is -2.28. The fourth-order valence-electron chi connectivity index (χ4n) is 2.33. The quantitative estimate of drug-likeness (QED) is 0.670. The predicted molar refractivity (Wildman–Crippen MR) is 62.3 cm³/mol. The van der Waals surface area contributed by atoms with Gasteiger partial charge in [0, 0.05) is 17.8 Å². The highest BCUT2D eigenvalue weighted by atomic mass is 19.4. The molecule has 0 aromatic heterocycles. The van der Waals surface area contributed by atoms with Gasteiger partial charge >= 0.3 is 6.18 Å². The zero-order valence-electron chi connectivity index (χ0n) is 10.2. The molecule has 0 aliphatic carbocycles. The summed E-state index contributed by atoms with van der Waals surface area (Å²) in [4.78, 5) is 21.7. The van der Waals surface area contributed by atoms with E-state index in [1.54, 1.807) is 0 Å². The number of rotatable bonds is 2. The second-order valence-electron chi connectivity index (χ2n) is 4.52. The third-order valence-electron chi connectivity index (χ3n) is 3.24. The Morgan fingerprint density at radius 2 is 1.95 bits per heavy atom. The first kappa shape index (κ1) is 14.3. The first-order valence-corrected chi connectivity index (χ1v) is 5.89. The minimum Gasteiger partial charge on any atom is -0.343 e. The summed E-state index contributed by atoms with van der Waals surface area (Å²) in [6.07, 6.45) is -4.76. The third kappa shape index (κ3) is 2.73. The maximum Gasteiger partial charge on any atom is 0.416 e. The summed E-state index contributed by atoms with van der Waals surface area (Å²) in [7, 11) is 0. The minimum absolute atomic E-state index is 0.0592. The Morgan fingerprint density at radius 1 is 1.30 bits per heavy atom. The van der Waals surface area contributed by atoms with E-state index in [2.05, 4.69) is 5.32 Å². The molecule has 0 radical (unpaired) electrons. The van der Waals surface area contributed by atoms with Crippen LogP contribution in [0.15, 0.2) is 24.3 Å². The molecule has 1 aromatic carbocycles. The second-order valence-corrected chi connectivity index (χ2v) is 4.52. The first-order chi connectivity index (χ1) is 9.30. The Kier molecular flexibility index (Phi) is 3.65. The number of carbonyl (C=O) groups is 1. The van der Waals surface area contributed by atoms with Crippen LogP contribution in [0.1, 0.15) is 30.0 Å². The van der Waals surface area contributed by atoms with Crippen LogP contribution < -0.4 is 5.32 Å². The van der Waals surface area contributed by atoms with Gasteiger partial charge in [0.15, 0.2) is 0 Å². The van der Waals surface area contributed by atoms with Crippen molar-refractivity contribution in [3.63, 3.8) is 0 Å². The van der Waals surface area contributed by atoms with Crippen LogP contribution in [0.4, 0.5) is 13.2 Å². The van der Waals surface area contributed by atoms with Gasteiger partial charge in [-0.3, -0.25) is 14.9 Å². The lowest BCUT2D eigenvalue weighted by molar-refractivity contribution is -0.529. The molecular weight excluding hydrogens is 277 g/mol. The zero-order valence-corrected chi connectivity index (χ0v) is 10.2. The van der Waals surface area contributed by atoms with Crippen molar-refractivity contribution in [1.29, 1.82) is 0 Å². The van der Waals surface area contributed by atoms with Crippen molar-refractivity contribution in [2.45, 2.75) is 31.1 Å². The normalized spacial score (nSPS) is 23.2. The molecule has 1 heterocycles. The van der Waals surface area contributed by atoms with E-state index < -0.39 is 34.7 Å². The molecule has 0 spiro atoms. The van der Waals surface area contributed by atoms with Gasteiger partial charge in [0.25, 0.3) is 0 Å². The van der Waals surface area contributed by atoms with Crippen molar-refractivity contribution in [2.24, 2.45) is 0 Å². The highest BCUT2D eigenvalue weighted by molar-refractivity contribution is 5.77. The SMILES string of the molecule is O=C1CC[C@H]([N+](=O)[O-])[C@@H](c2ccccc2C(F)(F)F)N1. The summed E-state index contributed by atoms with van der Waals surface area (Å²) in [5.74, 6) is -0.481. The molecule has 1 saturated heterocycles. The van der Waals surface area contributed by atoms with Crippen LogP contribution in [0, 0.1) is 10.1 Å². The van der Waals surface area contributed by atoms with Gasteiger partial charge in [-0.25, -0.2) is 0 Å². The van der Waals surface area contributed by atoms with Crippen molar-refractivity contribution in [1.82, 2.24) is 5.32 Å². The number of benzene rings is 1. The second kappa shape index (κ2) is 5.10. The third-order valence-corrected chi connectivity index (χ3v) is 3.24. The number of nitrogens with zero attached hydrogens (tertiary/aromatic N) is 1. The average molecular weight is 288 g/mol. The number of piperidine rings is 1. The molecule has 2 atom stereocenters. The van der Waals surface area contributed by atoms with E-state index in [4.69, 9.17) is 0 Å². The Bertz CT molecular complexity index is 545. The van der Waals surface area contributed by atoms with Gasteiger partial charge in [-0.2, -0.15) is 13.2 Å². The molecule has 1 aliphatic heterocycles. The summed E-state index contributed by atoms with van der Waals surface area (Å²) >= 11 is 0. The van der Waals surface area contributed by atoms with Crippen molar-refractivity contribution in [3.05, 3.63) is 45.5 Å². The van der Waals surface area contributed by atoms with Gasteiger partial charge in [0.05, 0.1) is 5.56 Å². The number of amides is 1. The Hall–Kier alpha value is -2.12. The molecule has 0 unspecified atom stereocenters. The molecule has 1 N–H and O–H groups in total. The van der Waals surface area contributed by atoms with Gasteiger partial charge in [0.1, 0.15) is 6.04 Å². The zero-order chi connectivity index (χ0) is 14.9. The topological polar surface area (TPSA) is 72.2 Å². The van der Waals surface area contributed by atoms with Crippen LogP contribution in [-0.2, 0) is 11.0 Å². The number of hydrogen-bond acceptors (Lipinski definition) is 3. The fraction of sp³-hybridized carbons (Fsp3) is 0.417. The number of halogens is 3. The molecule has 2 rings (SSSR count). The van der Waals surface area contributed by atoms with E-state index in [9.17, 15) is 28.1 Å². The van der Waals surface area contributed by atoms with Crippen LogP contribution >= 0.6 is 0 Å². The van der Waals surface area contributed by atoms with E-state index in [0.29, 0.717) is 0 Å². The monoisotopic (exact) mass is 288 g/mol. The number of carbonyl (C=O) groups excluding carboxylic acids is 1. The molecule has 0 saturated carbocycles. The molecule has 1 fully saturated rings. The lowest BCUT2D eigenvalue weighted by Crippen LogP contribution is -2.45.